The van der Waals surface area contributed by atoms with Crippen LogP contribution in [0, 0.1) is 10.1 Å². The second kappa shape index (κ2) is 9.30. The van der Waals surface area contributed by atoms with Gasteiger partial charge in [0.05, 0.1) is 23.4 Å². The maximum Gasteiger partial charge on any atom is 0.289 e. The number of carbonyl (C=O) groups is 1. The number of amides is 1. The van der Waals surface area contributed by atoms with Crippen molar-refractivity contribution < 1.29 is 27.3 Å². The minimum absolute atomic E-state index is 0.232. The Bertz CT molecular complexity index is 1160. The Labute approximate surface area is 178 Å². The van der Waals surface area contributed by atoms with Gasteiger partial charge in [-0.1, -0.05) is 12.1 Å². The Kier molecular flexibility index (Phi) is 6.55. The van der Waals surface area contributed by atoms with Gasteiger partial charge in [-0.15, -0.1) is 0 Å². The molecule has 0 saturated heterocycles. The van der Waals surface area contributed by atoms with E-state index in [0.29, 0.717) is 11.5 Å². The number of nitrogens with one attached hydrogen (secondary N) is 1. The van der Waals surface area contributed by atoms with Crippen LogP contribution < -0.4 is 14.4 Å². The van der Waals surface area contributed by atoms with Crippen LogP contribution in [0.15, 0.2) is 76.2 Å². The molecule has 0 aliphatic carbocycles. The smallest absolute Gasteiger partial charge is 0.289 e. The van der Waals surface area contributed by atoms with Crippen LogP contribution in [0.2, 0.25) is 0 Å². The molecule has 1 amide bonds. The summed E-state index contributed by atoms with van der Waals surface area (Å²) in [6.45, 7) is 0.00676. The lowest BCUT2D eigenvalue weighted by Crippen LogP contribution is -2.28. The molecule has 1 N–H and O–H groups in total. The van der Waals surface area contributed by atoms with E-state index in [1.54, 1.807) is 12.1 Å². The first-order chi connectivity index (χ1) is 14.8. The van der Waals surface area contributed by atoms with Crippen molar-refractivity contribution in [2.75, 3.05) is 18.0 Å². The molecule has 0 atom stereocenters. The third-order valence-corrected chi connectivity index (χ3v) is 6.14. The zero-order valence-electron chi connectivity index (χ0n) is 16.4. The number of anilines is 1. The highest BCUT2D eigenvalue weighted by atomic mass is 32.2. The third kappa shape index (κ3) is 5.20. The molecule has 0 aliphatic rings. The SMILES string of the molecule is CN(c1ccc(OCC(=O)NCc2ccco2)cc1)S(=O)(=O)c1ccccc1[N+](=O)[O-]. The summed E-state index contributed by atoms with van der Waals surface area (Å²) >= 11 is 0. The van der Waals surface area contributed by atoms with Gasteiger partial charge in [-0.2, -0.15) is 0 Å². The first kappa shape index (κ1) is 21.8. The van der Waals surface area contributed by atoms with Crippen LogP contribution in [0.4, 0.5) is 11.4 Å². The van der Waals surface area contributed by atoms with Crippen LogP contribution in [0.1, 0.15) is 5.76 Å². The molecule has 10 nitrogen and oxygen atoms in total. The predicted octanol–water partition coefficient (Wildman–Crippen LogP) is 2.71. The van der Waals surface area contributed by atoms with Crippen LogP contribution in [0.3, 0.4) is 0 Å². The fourth-order valence-electron chi connectivity index (χ4n) is 2.66. The van der Waals surface area contributed by atoms with Crippen molar-refractivity contribution in [2.45, 2.75) is 11.4 Å². The maximum atomic E-state index is 12.9. The van der Waals surface area contributed by atoms with Gasteiger partial charge in [0.25, 0.3) is 21.6 Å². The molecule has 11 heteroatoms. The van der Waals surface area contributed by atoms with Gasteiger partial charge < -0.3 is 14.5 Å². The van der Waals surface area contributed by atoms with Crippen LogP contribution in [-0.2, 0) is 21.4 Å². The lowest BCUT2D eigenvalue weighted by atomic mass is 10.3. The van der Waals surface area contributed by atoms with Gasteiger partial charge >= 0.3 is 0 Å². The summed E-state index contributed by atoms with van der Waals surface area (Å²) < 4.78 is 37.2. The Morgan fingerprint density at radius 2 is 1.84 bits per heavy atom. The fourth-order valence-corrected chi connectivity index (χ4v) is 4.02. The highest BCUT2D eigenvalue weighted by Gasteiger charge is 2.29. The molecule has 0 bridgehead atoms. The van der Waals surface area contributed by atoms with Crippen molar-refractivity contribution in [3.8, 4) is 5.75 Å². The number of ether oxygens (including phenoxy) is 1. The minimum Gasteiger partial charge on any atom is -0.484 e. The minimum atomic E-state index is -4.16. The second-order valence-electron chi connectivity index (χ2n) is 6.34. The molecule has 0 spiro atoms. The highest BCUT2D eigenvalue weighted by molar-refractivity contribution is 7.93. The summed E-state index contributed by atoms with van der Waals surface area (Å²) in [6.07, 6.45) is 1.51. The number of carbonyl (C=O) groups excluding carboxylic acids is 1. The topological polar surface area (TPSA) is 132 Å². The summed E-state index contributed by atoms with van der Waals surface area (Å²) in [6, 6.07) is 14.5. The summed E-state index contributed by atoms with van der Waals surface area (Å²) in [4.78, 5) is 21.9. The molecule has 2 aromatic carbocycles. The lowest BCUT2D eigenvalue weighted by Gasteiger charge is -2.19. The molecule has 0 unspecified atom stereocenters. The molecule has 0 fully saturated rings. The number of nitrogens with zero attached hydrogens (tertiary/aromatic N) is 2. The van der Waals surface area contributed by atoms with E-state index >= 15 is 0 Å². The van der Waals surface area contributed by atoms with Crippen LogP contribution in [-0.4, -0.2) is 32.9 Å². The van der Waals surface area contributed by atoms with Gasteiger partial charge in [0, 0.05) is 13.1 Å². The predicted molar refractivity (Wildman–Crippen MR) is 111 cm³/mol. The molecule has 0 radical (unpaired) electrons. The average molecular weight is 445 g/mol. The van der Waals surface area contributed by atoms with E-state index in [-0.39, 0.29) is 24.7 Å². The van der Waals surface area contributed by atoms with Gasteiger partial charge in [-0.3, -0.25) is 19.2 Å². The molecular formula is C20H19N3O7S. The number of hydrogen-bond acceptors (Lipinski definition) is 7. The molecule has 0 saturated carbocycles. The van der Waals surface area contributed by atoms with Gasteiger partial charge in [-0.25, -0.2) is 8.42 Å². The van der Waals surface area contributed by atoms with E-state index in [9.17, 15) is 23.3 Å². The van der Waals surface area contributed by atoms with Gasteiger partial charge in [-0.05, 0) is 42.5 Å². The number of para-hydroxylation sites is 1. The number of sulfonamides is 1. The Balaban J connectivity index is 1.64. The molecule has 3 aromatic rings. The third-order valence-electron chi connectivity index (χ3n) is 4.31. The first-order valence-corrected chi connectivity index (χ1v) is 10.5. The van der Waals surface area contributed by atoms with Crippen molar-refractivity contribution in [3.63, 3.8) is 0 Å². The normalized spacial score (nSPS) is 11.0. The standard InChI is InChI=1S/C20H19N3O7S/c1-22(31(27,28)19-7-3-2-6-18(19)23(25)26)15-8-10-16(11-9-15)30-14-20(24)21-13-17-5-4-12-29-17/h2-12H,13-14H2,1H3,(H,21,24). The molecule has 3 rings (SSSR count). The van der Waals surface area contributed by atoms with Crippen molar-refractivity contribution in [2.24, 2.45) is 0 Å². The van der Waals surface area contributed by atoms with E-state index in [2.05, 4.69) is 5.32 Å². The summed E-state index contributed by atoms with van der Waals surface area (Å²) in [5.74, 6) is 0.616. The highest BCUT2D eigenvalue weighted by Crippen LogP contribution is 2.29. The van der Waals surface area contributed by atoms with E-state index in [1.165, 1.54) is 55.8 Å². The second-order valence-corrected chi connectivity index (χ2v) is 8.27. The monoisotopic (exact) mass is 445 g/mol. The van der Waals surface area contributed by atoms with E-state index in [1.807, 2.05) is 0 Å². The summed E-state index contributed by atoms with van der Waals surface area (Å²) in [5.41, 5.74) is -0.234. The Hall–Kier alpha value is -3.86. The van der Waals surface area contributed by atoms with Crippen molar-refractivity contribution in [3.05, 3.63) is 82.8 Å². The van der Waals surface area contributed by atoms with E-state index in [4.69, 9.17) is 9.15 Å². The number of furan rings is 1. The Morgan fingerprint density at radius 3 is 2.48 bits per heavy atom. The number of benzene rings is 2. The van der Waals surface area contributed by atoms with Crippen molar-refractivity contribution in [1.29, 1.82) is 0 Å². The van der Waals surface area contributed by atoms with Crippen LogP contribution >= 0.6 is 0 Å². The van der Waals surface area contributed by atoms with Gasteiger partial charge in [0.15, 0.2) is 11.5 Å². The zero-order valence-corrected chi connectivity index (χ0v) is 17.2. The Morgan fingerprint density at radius 1 is 1.13 bits per heavy atom. The molecule has 1 heterocycles. The fraction of sp³-hybridized carbons (Fsp3) is 0.150. The number of nitro benzene ring substituents is 1. The van der Waals surface area contributed by atoms with E-state index < -0.39 is 25.5 Å². The van der Waals surface area contributed by atoms with Gasteiger partial charge in [0.1, 0.15) is 11.5 Å². The lowest BCUT2D eigenvalue weighted by molar-refractivity contribution is -0.387. The number of nitro groups is 1. The van der Waals surface area contributed by atoms with Crippen LogP contribution in [0.5, 0.6) is 5.75 Å². The summed E-state index contributed by atoms with van der Waals surface area (Å²) in [7, 11) is -2.86. The quantitative estimate of drug-likeness (QED) is 0.396. The molecule has 162 valence electrons. The van der Waals surface area contributed by atoms with Crippen LogP contribution in [0.25, 0.3) is 0 Å². The largest absolute Gasteiger partial charge is 0.484 e. The molecule has 0 aliphatic heterocycles. The molecular weight excluding hydrogens is 426 g/mol. The number of rotatable bonds is 9. The first-order valence-electron chi connectivity index (χ1n) is 9.03. The maximum absolute atomic E-state index is 12.9. The average Bonchev–Trinajstić information content (AvgIpc) is 3.30. The van der Waals surface area contributed by atoms with Crippen molar-refractivity contribution >= 4 is 27.3 Å². The van der Waals surface area contributed by atoms with E-state index in [0.717, 1.165) is 10.4 Å². The molecule has 1 aromatic heterocycles. The zero-order chi connectivity index (χ0) is 22.4. The van der Waals surface area contributed by atoms with Crippen molar-refractivity contribution in [1.82, 2.24) is 5.32 Å². The van der Waals surface area contributed by atoms with Gasteiger partial charge in [0.2, 0.25) is 0 Å². The molecule has 31 heavy (non-hydrogen) atoms. The summed E-state index contributed by atoms with van der Waals surface area (Å²) in [5, 5.41) is 13.8. The number of hydrogen-bond donors (Lipinski definition) is 1.